The summed E-state index contributed by atoms with van der Waals surface area (Å²) in [6.45, 7) is 4.21. The first-order valence-corrected chi connectivity index (χ1v) is 11.0. The molecule has 0 spiro atoms. The highest BCUT2D eigenvalue weighted by Crippen LogP contribution is 2.20. The van der Waals surface area contributed by atoms with Crippen LogP contribution >= 0.6 is 0 Å². The normalized spacial score (nSPS) is 11.6. The van der Waals surface area contributed by atoms with Crippen molar-refractivity contribution in [2.45, 2.75) is 50.2 Å². The van der Waals surface area contributed by atoms with Crippen LogP contribution in [0, 0.1) is 0 Å². The molecule has 1 heterocycles. The van der Waals surface area contributed by atoms with E-state index in [9.17, 15) is 8.42 Å². The lowest BCUT2D eigenvalue weighted by atomic mass is 10.1. The van der Waals surface area contributed by atoms with Crippen molar-refractivity contribution in [3.8, 4) is 5.69 Å². The summed E-state index contributed by atoms with van der Waals surface area (Å²) in [5.74, 6) is -0.0143. The van der Waals surface area contributed by atoms with Crippen LogP contribution in [0.1, 0.15) is 43.5 Å². The molecule has 5 nitrogen and oxygen atoms in total. The largest absolute Gasteiger partial charge is 0.223 e. The fourth-order valence-electron chi connectivity index (χ4n) is 2.89. The molecular weight excluding hydrogens is 358 g/mol. The molecule has 0 atom stereocenters. The molecule has 0 saturated carbocycles. The number of hydrogen-bond acceptors (Lipinski definition) is 4. The van der Waals surface area contributed by atoms with E-state index in [0.29, 0.717) is 10.6 Å². The van der Waals surface area contributed by atoms with Gasteiger partial charge in [0.2, 0.25) is 0 Å². The lowest BCUT2D eigenvalue weighted by molar-refractivity contribution is 0.595. The van der Waals surface area contributed by atoms with Crippen LogP contribution in [0.5, 0.6) is 0 Å². The lowest BCUT2D eigenvalue weighted by Crippen LogP contribution is -2.06. The SMILES string of the molecule is CCCCc1cn(-c2cccc(S(=O)(=O)Cc3ccc(CC)cc3)c2)nn1. The fourth-order valence-corrected chi connectivity index (χ4v) is 4.27. The number of unbranched alkanes of at least 4 members (excludes halogenated alkanes) is 1. The van der Waals surface area contributed by atoms with Crippen molar-refractivity contribution in [2.24, 2.45) is 0 Å². The van der Waals surface area contributed by atoms with Crippen LogP contribution in [0.15, 0.2) is 59.6 Å². The zero-order valence-electron chi connectivity index (χ0n) is 15.8. The Labute approximate surface area is 161 Å². The Morgan fingerprint density at radius 2 is 1.74 bits per heavy atom. The molecule has 142 valence electrons. The van der Waals surface area contributed by atoms with E-state index in [4.69, 9.17) is 0 Å². The number of benzene rings is 2. The van der Waals surface area contributed by atoms with Crippen LogP contribution in [0.3, 0.4) is 0 Å². The average Bonchev–Trinajstić information content (AvgIpc) is 3.16. The van der Waals surface area contributed by atoms with Crippen molar-refractivity contribution in [1.29, 1.82) is 0 Å². The third-order valence-electron chi connectivity index (χ3n) is 4.56. The van der Waals surface area contributed by atoms with Gasteiger partial charge in [0.15, 0.2) is 9.84 Å². The second-order valence-corrected chi connectivity index (χ2v) is 8.67. The molecule has 0 aliphatic heterocycles. The van der Waals surface area contributed by atoms with E-state index in [1.54, 1.807) is 22.9 Å². The summed E-state index contributed by atoms with van der Waals surface area (Å²) in [6.07, 6.45) is 5.84. The van der Waals surface area contributed by atoms with Gasteiger partial charge in [-0.25, -0.2) is 13.1 Å². The first kappa shape index (κ1) is 19.3. The van der Waals surface area contributed by atoms with Crippen molar-refractivity contribution >= 4 is 9.84 Å². The Hall–Kier alpha value is -2.47. The summed E-state index contributed by atoms with van der Waals surface area (Å²) in [6, 6.07) is 14.6. The molecule has 0 aliphatic carbocycles. The minimum absolute atomic E-state index is 0.0143. The topological polar surface area (TPSA) is 64.8 Å². The monoisotopic (exact) mass is 383 g/mol. The van der Waals surface area contributed by atoms with Gasteiger partial charge in [0.1, 0.15) is 0 Å². The van der Waals surface area contributed by atoms with Crippen LogP contribution in [0.4, 0.5) is 0 Å². The van der Waals surface area contributed by atoms with E-state index in [1.165, 1.54) is 5.56 Å². The molecule has 6 heteroatoms. The van der Waals surface area contributed by atoms with Crippen LogP contribution < -0.4 is 0 Å². The predicted molar refractivity (Wildman–Crippen MR) is 107 cm³/mol. The van der Waals surface area contributed by atoms with Gasteiger partial charge >= 0.3 is 0 Å². The summed E-state index contributed by atoms with van der Waals surface area (Å²) in [4.78, 5) is 0.296. The number of aromatic nitrogens is 3. The molecule has 0 fully saturated rings. The van der Waals surface area contributed by atoms with Gasteiger partial charge in [-0.2, -0.15) is 0 Å². The van der Waals surface area contributed by atoms with Gasteiger partial charge in [-0.1, -0.05) is 55.8 Å². The molecule has 0 radical (unpaired) electrons. The Morgan fingerprint density at radius 1 is 1.00 bits per heavy atom. The standard InChI is InChI=1S/C21H25N3O2S/c1-3-5-7-19-15-24(23-22-19)20-8-6-9-21(14-20)27(25,26)16-18-12-10-17(4-2)11-13-18/h6,8-15H,3-5,7,16H2,1-2H3. The zero-order valence-corrected chi connectivity index (χ0v) is 16.6. The maximum absolute atomic E-state index is 12.8. The first-order chi connectivity index (χ1) is 13.0. The van der Waals surface area contributed by atoms with Crippen LogP contribution in [0.25, 0.3) is 5.69 Å². The van der Waals surface area contributed by atoms with Gasteiger partial charge in [0, 0.05) is 0 Å². The van der Waals surface area contributed by atoms with Gasteiger partial charge in [-0.15, -0.1) is 5.10 Å². The number of sulfone groups is 1. The molecule has 0 unspecified atom stereocenters. The molecule has 1 aromatic heterocycles. The van der Waals surface area contributed by atoms with Crippen molar-refractivity contribution in [3.05, 3.63) is 71.5 Å². The van der Waals surface area contributed by atoms with Crippen LogP contribution in [-0.4, -0.2) is 23.4 Å². The van der Waals surface area contributed by atoms with Gasteiger partial charge < -0.3 is 0 Å². The van der Waals surface area contributed by atoms with E-state index in [-0.39, 0.29) is 5.75 Å². The molecule has 0 aliphatic rings. The predicted octanol–water partition coefficient (Wildman–Crippen LogP) is 4.15. The van der Waals surface area contributed by atoms with Crippen molar-refractivity contribution in [3.63, 3.8) is 0 Å². The molecule has 27 heavy (non-hydrogen) atoms. The second-order valence-electron chi connectivity index (χ2n) is 6.68. The zero-order chi connectivity index (χ0) is 19.3. The van der Waals surface area contributed by atoms with Crippen LogP contribution in [0.2, 0.25) is 0 Å². The minimum atomic E-state index is -3.43. The Balaban J connectivity index is 1.81. The number of hydrogen-bond donors (Lipinski definition) is 0. The van der Waals surface area contributed by atoms with Gasteiger partial charge in [-0.05, 0) is 48.6 Å². The second kappa shape index (κ2) is 8.48. The highest BCUT2D eigenvalue weighted by molar-refractivity contribution is 7.90. The maximum atomic E-state index is 12.8. The smallest absolute Gasteiger partial charge is 0.182 e. The average molecular weight is 384 g/mol. The molecule has 0 N–H and O–H groups in total. The summed E-state index contributed by atoms with van der Waals surface area (Å²) in [5, 5.41) is 8.31. The summed E-state index contributed by atoms with van der Waals surface area (Å²) in [5.41, 5.74) is 3.61. The van der Waals surface area contributed by atoms with Gasteiger partial charge in [0.25, 0.3) is 0 Å². The van der Waals surface area contributed by atoms with E-state index in [1.807, 2.05) is 36.5 Å². The quantitative estimate of drug-likeness (QED) is 0.586. The van der Waals surface area contributed by atoms with E-state index < -0.39 is 9.84 Å². The Bertz CT molecular complexity index is 992. The number of aryl methyl sites for hydroxylation is 2. The van der Waals surface area contributed by atoms with Gasteiger partial charge in [-0.3, -0.25) is 0 Å². The molecule has 2 aromatic carbocycles. The summed E-state index contributed by atoms with van der Waals surface area (Å²) < 4.78 is 27.3. The molecule has 3 rings (SSSR count). The van der Waals surface area contributed by atoms with E-state index in [0.717, 1.165) is 36.9 Å². The number of rotatable bonds is 8. The summed E-state index contributed by atoms with van der Waals surface area (Å²) in [7, 11) is -3.43. The highest BCUT2D eigenvalue weighted by Gasteiger charge is 2.16. The first-order valence-electron chi connectivity index (χ1n) is 9.34. The van der Waals surface area contributed by atoms with Gasteiger partial charge in [0.05, 0.1) is 28.2 Å². The Kier molecular flexibility index (Phi) is 6.06. The minimum Gasteiger partial charge on any atom is -0.223 e. The number of nitrogens with zero attached hydrogens (tertiary/aromatic N) is 3. The van der Waals surface area contributed by atoms with Crippen molar-refractivity contribution in [2.75, 3.05) is 0 Å². The molecule has 3 aromatic rings. The third kappa shape index (κ3) is 4.83. The van der Waals surface area contributed by atoms with Crippen LogP contribution in [-0.2, 0) is 28.4 Å². The molecule has 0 saturated heterocycles. The third-order valence-corrected chi connectivity index (χ3v) is 6.24. The maximum Gasteiger partial charge on any atom is 0.182 e. The Morgan fingerprint density at radius 3 is 2.44 bits per heavy atom. The van der Waals surface area contributed by atoms with E-state index in [2.05, 4.69) is 24.2 Å². The molecule has 0 amide bonds. The lowest BCUT2D eigenvalue weighted by Gasteiger charge is -2.08. The molecular formula is C21H25N3O2S. The van der Waals surface area contributed by atoms with Crippen molar-refractivity contribution in [1.82, 2.24) is 15.0 Å². The summed E-state index contributed by atoms with van der Waals surface area (Å²) >= 11 is 0. The van der Waals surface area contributed by atoms with Crippen molar-refractivity contribution < 1.29 is 8.42 Å². The van der Waals surface area contributed by atoms with E-state index >= 15 is 0 Å². The highest BCUT2D eigenvalue weighted by atomic mass is 32.2. The fraction of sp³-hybridized carbons (Fsp3) is 0.333. The molecule has 0 bridgehead atoms.